The van der Waals surface area contributed by atoms with E-state index in [1.165, 1.54) is 4.90 Å². The van der Waals surface area contributed by atoms with Crippen molar-refractivity contribution in [2.24, 2.45) is 17.6 Å². The molecule has 5 rings (SSSR count). The first-order chi connectivity index (χ1) is 16.8. The number of amidine groups is 1. The number of benzene rings is 2. The molecule has 0 aliphatic carbocycles. The van der Waals surface area contributed by atoms with Crippen molar-refractivity contribution in [1.29, 1.82) is 0 Å². The number of ether oxygens (including phenoxy) is 2. The maximum Gasteiger partial charge on any atom is 0.270 e. The zero-order valence-electron chi connectivity index (χ0n) is 19.2. The number of aliphatic carboxylic acids is 1. The van der Waals surface area contributed by atoms with Gasteiger partial charge in [0.1, 0.15) is 0 Å². The third kappa shape index (κ3) is 3.89. The highest BCUT2D eigenvalue weighted by atomic mass is 16.7. The Balaban J connectivity index is 1.47. The minimum atomic E-state index is -1.19. The maximum atomic E-state index is 13.7. The summed E-state index contributed by atoms with van der Waals surface area (Å²) in [7, 11) is 1.82. The fraction of sp³-hybridized carbons (Fsp3) is 0.360. The Morgan fingerprint density at radius 1 is 1.09 bits per heavy atom. The summed E-state index contributed by atoms with van der Waals surface area (Å²) in [6.07, 6.45) is 0.00117. The summed E-state index contributed by atoms with van der Waals surface area (Å²) in [4.78, 5) is 41.7. The SMILES string of the molecule is CN1[C@@H](CCC(=O)[O-])[C@@H]2C(=O)N(Cc3ccc4c(c3)OCO4)C(=O)[C@@H]2[C@@H]1c1ccc(C(N)=[NH2+])cc1. The maximum absolute atomic E-state index is 13.7. The third-order valence-corrected chi connectivity index (χ3v) is 7.21. The first-order valence-electron chi connectivity index (χ1n) is 11.4. The van der Waals surface area contributed by atoms with Gasteiger partial charge in [-0.3, -0.25) is 30.5 Å². The van der Waals surface area contributed by atoms with Crippen molar-refractivity contribution >= 4 is 23.6 Å². The average Bonchev–Trinajstić information content (AvgIpc) is 3.47. The number of carbonyl (C=O) groups is 3. The van der Waals surface area contributed by atoms with Crippen LogP contribution in [0.1, 0.15) is 35.6 Å². The molecule has 182 valence electrons. The largest absolute Gasteiger partial charge is 0.550 e. The third-order valence-electron chi connectivity index (χ3n) is 7.21. The van der Waals surface area contributed by atoms with E-state index in [1.54, 1.807) is 30.3 Å². The lowest BCUT2D eigenvalue weighted by molar-refractivity contribution is -0.306. The van der Waals surface area contributed by atoms with Gasteiger partial charge in [0, 0.05) is 18.1 Å². The second kappa shape index (κ2) is 8.70. The molecule has 0 radical (unpaired) electrons. The standard InChI is InChI=1S/C25H26N4O6/c1-28-16(7-9-19(30)31)20-21(22(28)14-3-5-15(6-4-14)23(26)27)25(33)29(24(20)32)11-13-2-8-17-18(10-13)35-12-34-17/h2-6,8,10,16,20-22H,7,9,11-12H2,1H3,(H3,26,27)(H,30,31)/t16-,20-,21-,22-/m0/s1. The molecule has 4 N–H and O–H groups in total. The van der Waals surface area contributed by atoms with Gasteiger partial charge in [-0.15, -0.1) is 0 Å². The Hall–Kier alpha value is -3.92. The molecule has 2 aromatic rings. The minimum Gasteiger partial charge on any atom is -0.550 e. The number of fused-ring (bicyclic) bond motifs is 2. The molecule has 0 spiro atoms. The first kappa shape index (κ1) is 22.9. The number of hydrogen-bond donors (Lipinski definition) is 2. The molecule has 10 heteroatoms. The Morgan fingerprint density at radius 2 is 1.77 bits per heavy atom. The van der Waals surface area contributed by atoms with Gasteiger partial charge in [-0.1, -0.05) is 18.2 Å². The molecule has 2 saturated heterocycles. The van der Waals surface area contributed by atoms with Crippen molar-refractivity contribution in [3.8, 4) is 11.5 Å². The number of carbonyl (C=O) groups excluding carboxylic acids is 3. The van der Waals surface area contributed by atoms with E-state index >= 15 is 0 Å². The van der Waals surface area contributed by atoms with Crippen molar-refractivity contribution in [3.63, 3.8) is 0 Å². The molecule has 3 aliphatic rings. The van der Waals surface area contributed by atoms with Crippen LogP contribution in [0.3, 0.4) is 0 Å². The van der Waals surface area contributed by atoms with E-state index in [0.29, 0.717) is 17.1 Å². The molecular formula is C25H26N4O6. The lowest BCUT2D eigenvalue weighted by atomic mass is 9.85. The minimum absolute atomic E-state index is 0.0998. The van der Waals surface area contributed by atoms with Crippen molar-refractivity contribution < 1.29 is 34.4 Å². The fourth-order valence-corrected chi connectivity index (χ4v) is 5.57. The fourth-order valence-electron chi connectivity index (χ4n) is 5.57. The highest BCUT2D eigenvalue weighted by Gasteiger charge is 2.60. The van der Waals surface area contributed by atoms with Crippen LogP contribution in [0.25, 0.3) is 0 Å². The monoisotopic (exact) mass is 478 g/mol. The van der Waals surface area contributed by atoms with E-state index in [2.05, 4.69) is 0 Å². The van der Waals surface area contributed by atoms with Crippen LogP contribution in [0, 0.1) is 11.8 Å². The first-order valence-corrected chi connectivity index (χ1v) is 11.4. The zero-order chi connectivity index (χ0) is 24.9. The summed E-state index contributed by atoms with van der Waals surface area (Å²) in [6, 6.07) is 11.7. The van der Waals surface area contributed by atoms with Gasteiger partial charge in [-0.2, -0.15) is 0 Å². The highest BCUT2D eigenvalue weighted by Crippen LogP contribution is 2.50. The summed E-state index contributed by atoms with van der Waals surface area (Å²) >= 11 is 0. The van der Waals surface area contributed by atoms with Gasteiger partial charge in [-0.05, 0) is 55.3 Å². The Labute approximate surface area is 201 Å². The van der Waals surface area contributed by atoms with Gasteiger partial charge in [0.05, 0.1) is 23.9 Å². The van der Waals surface area contributed by atoms with Crippen LogP contribution < -0.4 is 25.7 Å². The lowest BCUT2D eigenvalue weighted by Crippen LogP contribution is -2.46. The van der Waals surface area contributed by atoms with E-state index in [0.717, 1.165) is 11.1 Å². The number of carboxylic acids is 1. The number of carboxylic acid groups (broad SMARTS) is 1. The molecular weight excluding hydrogens is 452 g/mol. The Kier molecular flexibility index (Phi) is 5.68. The van der Waals surface area contributed by atoms with Gasteiger partial charge in [-0.25, -0.2) is 0 Å². The van der Waals surface area contributed by atoms with Crippen LogP contribution in [0.5, 0.6) is 11.5 Å². The summed E-state index contributed by atoms with van der Waals surface area (Å²) in [5, 5.41) is 16.9. The second-order valence-corrected chi connectivity index (χ2v) is 9.17. The second-order valence-electron chi connectivity index (χ2n) is 9.17. The molecule has 3 aliphatic heterocycles. The van der Waals surface area contributed by atoms with Gasteiger partial charge in [0.15, 0.2) is 11.5 Å². The van der Waals surface area contributed by atoms with Gasteiger partial charge < -0.3 is 19.4 Å². The molecule has 10 nitrogen and oxygen atoms in total. The molecule has 2 aromatic carbocycles. The number of likely N-dealkylation sites (tertiary alicyclic amines) is 2. The summed E-state index contributed by atoms with van der Waals surface area (Å²) in [5.74, 6) is -1.69. The predicted octanol–water partition coefficient (Wildman–Crippen LogP) is -1.43. The average molecular weight is 479 g/mol. The quantitative estimate of drug-likeness (QED) is 0.279. The van der Waals surface area contributed by atoms with Gasteiger partial charge >= 0.3 is 0 Å². The smallest absolute Gasteiger partial charge is 0.270 e. The number of amides is 2. The molecule has 0 saturated carbocycles. The van der Waals surface area contributed by atoms with E-state index in [4.69, 9.17) is 20.6 Å². The Bertz CT molecular complexity index is 1210. The molecule has 2 amide bonds. The van der Waals surface area contributed by atoms with Crippen molar-refractivity contribution in [3.05, 3.63) is 59.2 Å². The summed E-state index contributed by atoms with van der Waals surface area (Å²) in [5.41, 5.74) is 7.92. The van der Waals surface area contributed by atoms with E-state index < -0.39 is 29.9 Å². The van der Waals surface area contributed by atoms with Crippen molar-refractivity contribution in [1.82, 2.24) is 9.80 Å². The van der Waals surface area contributed by atoms with Crippen LogP contribution in [-0.4, -0.2) is 53.3 Å². The molecule has 4 atom stereocenters. The predicted molar refractivity (Wildman–Crippen MR) is 120 cm³/mol. The molecule has 0 bridgehead atoms. The van der Waals surface area contributed by atoms with E-state index in [1.807, 2.05) is 24.1 Å². The molecule has 35 heavy (non-hydrogen) atoms. The number of nitrogens with two attached hydrogens (primary N) is 2. The lowest BCUT2D eigenvalue weighted by Gasteiger charge is -2.30. The van der Waals surface area contributed by atoms with Crippen LogP contribution >= 0.6 is 0 Å². The van der Waals surface area contributed by atoms with Gasteiger partial charge in [0.25, 0.3) is 5.84 Å². The van der Waals surface area contributed by atoms with Crippen LogP contribution in [0.15, 0.2) is 42.5 Å². The van der Waals surface area contributed by atoms with E-state index in [-0.39, 0.29) is 43.8 Å². The summed E-state index contributed by atoms with van der Waals surface area (Å²) < 4.78 is 10.8. The zero-order valence-corrected chi connectivity index (χ0v) is 19.2. The molecule has 0 aromatic heterocycles. The highest BCUT2D eigenvalue weighted by molar-refractivity contribution is 6.06. The normalized spacial score (nSPS) is 25.2. The van der Waals surface area contributed by atoms with Crippen LogP contribution in [0.2, 0.25) is 0 Å². The van der Waals surface area contributed by atoms with Crippen molar-refractivity contribution in [2.45, 2.75) is 31.5 Å². The Morgan fingerprint density at radius 3 is 2.46 bits per heavy atom. The molecule has 2 fully saturated rings. The van der Waals surface area contributed by atoms with Crippen LogP contribution in [-0.2, 0) is 20.9 Å². The van der Waals surface area contributed by atoms with Gasteiger partial charge in [0.2, 0.25) is 18.6 Å². The number of nitrogens with zero attached hydrogens (tertiary/aromatic N) is 2. The number of imide groups is 1. The van der Waals surface area contributed by atoms with Crippen LogP contribution in [0.4, 0.5) is 0 Å². The topological polar surface area (TPSA) is 151 Å². The number of hydrogen-bond acceptors (Lipinski definition) is 7. The molecule has 3 heterocycles. The van der Waals surface area contributed by atoms with E-state index in [9.17, 15) is 19.5 Å². The van der Waals surface area contributed by atoms with Crippen molar-refractivity contribution in [2.75, 3.05) is 13.8 Å². The molecule has 0 unspecified atom stereocenters. The number of rotatable bonds is 7. The summed E-state index contributed by atoms with van der Waals surface area (Å²) in [6.45, 7) is 0.230.